The summed E-state index contributed by atoms with van der Waals surface area (Å²) < 4.78 is 58.6. The maximum absolute atomic E-state index is 13.6. The van der Waals surface area contributed by atoms with Crippen LogP contribution in [0, 0.1) is 11.6 Å². The van der Waals surface area contributed by atoms with Crippen molar-refractivity contribution in [2.45, 2.75) is 11.8 Å². The van der Waals surface area contributed by atoms with Gasteiger partial charge in [-0.05, 0) is 44.4 Å². The smallest absolute Gasteiger partial charge is 0.215 e. The van der Waals surface area contributed by atoms with Crippen molar-refractivity contribution in [2.75, 3.05) is 20.6 Å². The Morgan fingerprint density at radius 2 is 2.00 bits per heavy atom. The zero-order valence-electron chi connectivity index (χ0n) is 12.8. The number of sulfonamides is 1. The minimum absolute atomic E-state index is 0.0553. The van der Waals surface area contributed by atoms with Crippen LogP contribution in [0.25, 0.3) is 0 Å². The Bertz CT molecular complexity index is 746. The van der Waals surface area contributed by atoms with Gasteiger partial charge < -0.3 is 4.42 Å². The van der Waals surface area contributed by atoms with Crippen molar-refractivity contribution >= 4 is 10.0 Å². The Hall–Kier alpha value is -1.77. The highest BCUT2D eigenvalue weighted by Crippen LogP contribution is 2.18. The first-order chi connectivity index (χ1) is 10.8. The van der Waals surface area contributed by atoms with Crippen LogP contribution in [0.3, 0.4) is 0 Å². The quantitative estimate of drug-likeness (QED) is 0.837. The van der Waals surface area contributed by atoms with E-state index in [0.717, 1.165) is 18.2 Å². The van der Waals surface area contributed by atoms with E-state index in [1.54, 1.807) is 31.1 Å². The second-order valence-electron chi connectivity index (χ2n) is 5.34. The van der Waals surface area contributed by atoms with E-state index in [1.807, 2.05) is 0 Å². The van der Waals surface area contributed by atoms with Gasteiger partial charge in [0.05, 0.1) is 18.1 Å². The van der Waals surface area contributed by atoms with Gasteiger partial charge in [0.25, 0.3) is 0 Å². The zero-order chi connectivity index (χ0) is 17.0. The van der Waals surface area contributed by atoms with Gasteiger partial charge in [0.2, 0.25) is 10.0 Å². The summed E-state index contributed by atoms with van der Waals surface area (Å²) in [5.41, 5.74) is -0.211. The fourth-order valence-electron chi connectivity index (χ4n) is 2.13. The highest BCUT2D eigenvalue weighted by Gasteiger charge is 2.21. The predicted molar refractivity (Wildman–Crippen MR) is 82.1 cm³/mol. The Morgan fingerprint density at radius 3 is 2.61 bits per heavy atom. The summed E-state index contributed by atoms with van der Waals surface area (Å²) in [6.45, 7) is 0.0553. The molecule has 2 aromatic rings. The van der Waals surface area contributed by atoms with Crippen LogP contribution in [0.15, 0.2) is 41.0 Å². The lowest BCUT2D eigenvalue weighted by Crippen LogP contribution is -2.35. The summed E-state index contributed by atoms with van der Waals surface area (Å²) in [6.07, 6.45) is 1.50. The second-order valence-corrected chi connectivity index (χ2v) is 7.14. The van der Waals surface area contributed by atoms with E-state index in [9.17, 15) is 17.2 Å². The van der Waals surface area contributed by atoms with Gasteiger partial charge in [-0.2, -0.15) is 0 Å². The second kappa shape index (κ2) is 7.20. The number of nitrogens with one attached hydrogen (secondary N) is 1. The molecule has 0 aliphatic heterocycles. The Morgan fingerprint density at radius 1 is 1.26 bits per heavy atom. The van der Waals surface area contributed by atoms with Crippen molar-refractivity contribution in [1.82, 2.24) is 9.62 Å². The number of benzene rings is 1. The minimum Gasteiger partial charge on any atom is -0.468 e. The zero-order valence-corrected chi connectivity index (χ0v) is 13.6. The first-order valence-corrected chi connectivity index (χ1v) is 8.55. The molecule has 0 saturated heterocycles. The molecule has 5 nitrogen and oxygen atoms in total. The number of likely N-dealkylation sites (N-methyl/N-ethyl adjacent to an activating group) is 1. The molecule has 0 saturated carbocycles. The molecule has 1 unspecified atom stereocenters. The van der Waals surface area contributed by atoms with Crippen LogP contribution < -0.4 is 4.72 Å². The molecule has 1 N–H and O–H groups in total. The molecule has 23 heavy (non-hydrogen) atoms. The van der Waals surface area contributed by atoms with Crippen molar-refractivity contribution in [3.8, 4) is 0 Å². The third-order valence-corrected chi connectivity index (χ3v) is 4.64. The Kier molecular flexibility index (Phi) is 5.51. The molecule has 1 heterocycles. The lowest BCUT2D eigenvalue weighted by atomic mass is 10.2. The standard InChI is InChI=1S/C15H18F2N2O3S/c1-19(2)14(15-4-3-7-22-15)9-18-23(20,21)10-11-8-12(16)5-6-13(11)17/h3-8,14,18H,9-10H2,1-2H3. The largest absolute Gasteiger partial charge is 0.468 e. The van der Waals surface area contributed by atoms with Gasteiger partial charge in [-0.15, -0.1) is 0 Å². The molecule has 0 spiro atoms. The minimum atomic E-state index is -3.82. The molecule has 0 aliphatic rings. The fraction of sp³-hybridized carbons (Fsp3) is 0.333. The van der Waals surface area contributed by atoms with Gasteiger partial charge in [0, 0.05) is 12.1 Å². The monoisotopic (exact) mass is 344 g/mol. The van der Waals surface area contributed by atoms with Crippen molar-refractivity contribution in [2.24, 2.45) is 0 Å². The molecule has 0 radical (unpaired) electrons. The number of furan rings is 1. The summed E-state index contributed by atoms with van der Waals surface area (Å²) in [6, 6.07) is 5.87. The van der Waals surface area contributed by atoms with E-state index in [2.05, 4.69) is 4.72 Å². The summed E-state index contributed by atoms with van der Waals surface area (Å²) in [5, 5.41) is 0. The highest BCUT2D eigenvalue weighted by atomic mass is 32.2. The molecule has 8 heteroatoms. The van der Waals surface area contributed by atoms with E-state index in [-0.39, 0.29) is 18.2 Å². The first-order valence-electron chi connectivity index (χ1n) is 6.89. The number of nitrogens with zero attached hydrogens (tertiary/aromatic N) is 1. The van der Waals surface area contributed by atoms with Crippen LogP contribution >= 0.6 is 0 Å². The molecule has 0 fully saturated rings. The molecule has 0 aliphatic carbocycles. The van der Waals surface area contributed by atoms with Crippen molar-refractivity contribution in [1.29, 1.82) is 0 Å². The van der Waals surface area contributed by atoms with E-state index in [0.29, 0.717) is 5.76 Å². The van der Waals surface area contributed by atoms with Crippen LogP contribution in [0.1, 0.15) is 17.4 Å². The van der Waals surface area contributed by atoms with Crippen molar-refractivity contribution in [3.05, 3.63) is 59.6 Å². The Balaban J connectivity index is 2.07. The van der Waals surface area contributed by atoms with E-state index >= 15 is 0 Å². The van der Waals surface area contributed by atoms with Gasteiger partial charge in [0.15, 0.2) is 0 Å². The number of halogens is 2. The summed E-state index contributed by atoms with van der Waals surface area (Å²) >= 11 is 0. The van der Waals surface area contributed by atoms with Crippen LogP contribution in [0.4, 0.5) is 8.78 Å². The maximum Gasteiger partial charge on any atom is 0.215 e. The van der Waals surface area contributed by atoms with E-state index < -0.39 is 27.4 Å². The van der Waals surface area contributed by atoms with Gasteiger partial charge in [-0.3, -0.25) is 4.90 Å². The van der Waals surface area contributed by atoms with Gasteiger partial charge >= 0.3 is 0 Å². The number of hydrogen-bond acceptors (Lipinski definition) is 4. The molecular formula is C15H18F2N2O3S. The average molecular weight is 344 g/mol. The summed E-state index contributed by atoms with van der Waals surface area (Å²) in [4.78, 5) is 1.80. The average Bonchev–Trinajstić information content (AvgIpc) is 2.96. The molecule has 0 amide bonds. The van der Waals surface area contributed by atoms with Crippen molar-refractivity contribution in [3.63, 3.8) is 0 Å². The third-order valence-electron chi connectivity index (χ3n) is 3.34. The molecule has 0 bridgehead atoms. The van der Waals surface area contributed by atoms with Gasteiger partial charge in [-0.25, -0.2) is 21.9 Å². The van der Waals surface area contributed by atoms with Gasteiger partial charge in [0.1, 0.15) is 17.4 Å². The molecule has 1 atom stereocenters. The predicted octanol–water partition coefficient (Wildman–Crippen LogP) is 2.28. The molecule has 126 valence electrons. The molecule has 1 aromatic carbocycles. The van der Waals surface area contributed by atoms with Crippen LogP contribution in [-0.2, 0) is 15.8 Å². The lowest BCUT2D eigenvalue weighted by Gasteiger charge is -2.22. The van der Waals surface area contributed by atoms with Crippen molar-refractivity contribution < 1.29 is 21.6 Å². The summed E-state index contributed by atoms with van der Waals surface area (Å²) in [5.74, 6) is -1.46. The maximum atomic E-state index is 13.6. The fourth-order valence-corrected chi connectivity index (χ4v) is 3.28. The first kappa shape index (κ1) is 17.6. The molecular weight excluding hydrogens is 326 g/mol. The van der Waals surface area contributed by atoms with Crippen LogP contribution in [0.5, 0.6) is 0 Å². The van der Waals surface area contributed by atoms with E-state index in [4.69, 9.17) is 4.42 Å². The van der Waals surface area contributed by atoms with Crippen LogP contribution in [-0.4, -0.2) is 34.0 Å². The van der Waals surface area contributed by atoms with E-state index in [1.165, 1.54) is 6.26 Å². The number of rotatable bonds is 7. The number of hydrogen-bond donors (Lipinski definition) is 1. The Labute approximate surface area is 134 Å². The van der Waals surface area contributed by atoms with Crippen LogP contribution in [0.2, 0.25) is 0 Å². The molecule has 1 aromatic heterocycles. The SMILES string of the molecule is CN(C)C(CNS(=O)(=O)Cc1cc(F)ccc1F)c1ccco1. The normalized spacial score (nSPS) is 13.4. The summed E-state index contributed by atoms with van der Waals surface area (Å²) in [7, 11) is -0.248. The highest BCUT2D eigenvalue weighted by molar-refractivity contribution is 7.88. The molecule has 2 rings (SSSR count). The third kappa shape index (κ3) is 4.85. The lowest BCUT2D eigenvalue weighted by molar-refractivity contribution is 0.259. The van der Waals surface area contributed by atoms with Gasteiger partial charge in [-0.1, -0.05) is 0 Å². The topological polar surface area (TPSA) is 62.6 Å².